The Morgan fingerprint density at radius 3 is 1.86 bits per heavy atom. The predicted molar refractivity (Wildman–Crippen MR) is 88.6 cm³/mol. The molecule has 0 aliphatic carbocycles. The number of carbonyl (C=O) groups is 1. The van der Waals surface area contributed by atoms with Crippen LogP contribution in [-0.4, -0.2) is 13.1 Å². The predicted octanol–water partition coefficient (Wildman–Crippen LogP) is 4.87. The van der Waals surface area contributed by atoms with E-state index in [0.29, 0.717) is 6.42 Å². The Kier molecular flexibility index (Phi) is 15.5. The third-order valence-corrected chi connectivity index (χ3v) is 3.30. The van der Waals surface area contributed by atoms with Gasteiger partial charge in [0.2, 0.25) is 0 Å². The van der Waals surface area contributed by atoms with Gasteiger partial charge in [-0.25, -0.2) is 0 Å². The van der Waals surface area contributed by atoms with Crippen molar-refractivity contribution in [1.29, 1.82) is 0 Å². The van der Waals surface area contributed by atoms with E-state index in [0.717, 1.165) is 38.5 Å². The summed E-state index contributed by atoms with van der Waals surface area (Å²) in [6.45, 7) is 2.23. The van der Waals surface area contributed by atoms with E-state index in [1.54, 1.807) is 0 Å². The normalized spacial score (nSPS) is 9.24. The summed E-state index contributed by atoms with van der Waals surface area (Å²) >= 11 is 0. The minimum atomic E-state index is -0.111. The Labute approximate surface area is 131 Å². The molecule has 0 atom stereocenters. The average molecular weight is 290 g/mol. The summed E-state index contributed by atoms with van der Waals surface area (Å²) < 4.78 is 4.59. The van der Waals surface area contributed by atoms with E-state index in [4.69, 9.17) is 0 Å². The maximum atomic E-state index is 10.9. The number of ether oxygens (including phenoxy) is 1. The summed E-state index contributed by atoms with van der Waals surface area (Å²) in [5.74, 6) is 11.9. The lowest BCUT2D eigenvalue weighted by atomic mass is 10.1. The zero-order valence-electron chi connectivity index (χ0n) is 13.8. The second-order valence-corrected chi connectivity index (χ2v) is 5.26. The van der Waals surface area contributed by atoms with Crippen molar-refractivity contribution in [3.05, 3.63) is 0 Å². The van der Waals surface area contributed by atoms with Crippen LogP contribution in [0.2, 0.25) is 0 Å². The van der Waals surface area contributed by atoms with Crippen molar-refractivity contribution in [3.8, 4) is 23.7 Å². The first-order chi connectivity index (χ1) is 10.3. The van der Waals surface area contributed by atoms with Gasteiger partial charge >= 0.3 is 5.97 Å². The van der Waals surface area contributed by atoms with E-state index in [2.05, 4.69) is 35.3 Å². The van der Waals surface area contributed by atoms with Gasteiger partial charge in [0.1, 0.15) is 0 Å². The fraction of sp³-hybridized carbons (Fsp3) is 0.737. The second kappa shape index (κ2) is 16.6. The molecule has 0 spiro atoms. The topological polar surface area (TPSA) is 26.3 Å². The number of hydrogen-bond acceptors (Lipinski definition) is 2. The zero-order valence-corrected chi connectivity index (χ0v) is 13.8. The lowest BCUT2D eigenvalue weighted by molar-refractivity contribution is -0.140. The minimum absolute atomic E-state index is 0.111. The highest BCUT2D eigenvalue weighted by Gasteiger charge is 1.98. The molecule has 2 nitrogen and oxygen atoms in total. The van der Waals surface area contributed by atoms with Crippen molar-refractivity contribution in [1.82, 2.24) is 0 Å². The molecule has 0 aromatic rings. The number of hydrogen-bond donors (Lipinski definition) is 0. The lowest BCUT2D eigenvalue weighted by Gasteiger charge is -1.98. The smallest absolute Gasteiger partial charge is 0.305 e. The Balaban J connectivity index is 3.32. The fourth-order valence-electron chi connectivity index (χ4n) is 1.97. The van der Waals surface area contributed by atoms with Crippen LogP contribution in [0.3, 0.4) is 0 Å². The van der Waals surface area contributed by atoms with Gasteiger partial charge in [-0.15, -0.1) is 0 Å². The molecule has 0 saturated heterocycles. The Morgan fingerprint density at radius 2 is 1.33 bits per heavy atom. The maximum absolute atomic E-state index is 10.9. The first-order valence-electron chi connectivity index (χ1n) is 8.33. The quantitative estimate of drug-likeness (QED) is 0.308. The molecular formula is C19H30O2. The molecule has 0 aromatic carbocycles. The van der Waals surface area contributed by atoms with Crippen LogP contribution in [-0.2, 0) is 9.53 Å². The minimum Gasteiger partial charge on any atom is -0.469 e. The molecule has 0 bridgehead atoms. The van der Waals surface area contributed by atoms with Crippen molar-refractivity contribution in [2.75, 3.05) is 7.11 Å². The first-order valence-corrected chi connectivity index (χ1v) is 8.33. The second-order valence-electron chi connectivity index (χ2n) is 5.26. The molecule has 0 N–H and O–H groups in total. The largest absolute Gasteiger partial charge is 0.469 e. The van der Waals surface area contributed by atoms with Gasteiger partial charge in [-0.3, -0.25) is 4.79 Å². The molecule has 21 heavy (non-hydrogen) atoms. The summed E-state index contributed by atoms with van der Waals surface area (Å²) in [4.78, 5) is 10.9. The van der Waals surface area contributed by atoms with E-state index in [-0.39, 0.29) is 5.97 Å². The van der Waals surface area contributed by atoms with Crippen LogP contribution in [0.1, 0.15) is 84.0 Å². The van der Waals surface area contributed by atoms with E-state index in [9.17, 15) is 4.79 Å². The van der Waals surface area contributed by atoms with Crippen LogP contribution >= 0.6 is 0 Å². The van der Waals surface area contributed by atoms with E-state index < -0.39 is 0 Å². The number of unbranched alkanes of at least 4 members (excludes halogenated alkanes) is 9. The Morgan fingerprint density at radius 1 is 0.810 bits per heavy atom. The highest BCUT2D eigenvalue weighted by Crippen LogP contribution is 2.05. The SMILES string of the molecule is CCCCCCCC#CC#CCCCCCCC(=O)OC. The van der Waals surface area contributed by atoms with Crippen LogP contribution in [0, 0.1) is 23.7 Å². The number of methoxy groups -OCH3 is 1. The molecule has 118 valence electrons. The number of rotatable bonds is 11. The standard InChI is InChI=1S/C19H30O2/c1-3-4-5-6-7-8-9-10-11-12-13-14-15-16-17-18-19(20)21-2/h3-8,13-18H2,1-2H3. The molecule has 0 heterocycles. The molecule has 0 amide bonds. The fourth-order valence-corrected chi connectivity index (χ4v) is 1.97. The summed E-state index contributed by atoms with van der Waals surface area (Å²) in [5.41, 5.74) is 0. The molecule has 0 fully saturated rings. The van der Waals surface area contributed by atoms with Crippen LogP contribution < -0.4 is 0 Å². The molecule has 2 heteroatoms. The molecule has 0 saturated carbocycles. The maximum Gasteiger partial charge on any atom is 0.305 e. The molecule has 0 unspecified atom stereocenters. The van der Waals surface area contributed by atoms with Crippen molar-refractivity contribution < 1.29 is 9.53 Å². The van der Waals surface area contributed by atoms with Crippen molar-refractivity contribution in [3.63, 3.8) is 0 Å². The molecule has 0 aliphatic rings. The Bertz CT molecular complexity index is 362. The van der Waals surface area contributed by atoms with Gasteiger partial charge in [0.25, 0.3) is 0 Å². The first kappa shape index (κ1) is 19.6. The molecule has 0 aromatic heterocycles. The van der Waals surface area contributed by atoms with Gasteiger partial charge in [0.15, 0.2) is 0 Å². The number of carbonyl (C=O) groups excluding carboxylic acids is 1. The summed E-state index contributed by atoms with van der Waals surface area (Å²) in [6.07, 6.45) is 13.1. The molecule has 0 radical (unpaired) electrons. The highest BCUT2D eigenvalue weighted by molar-refractivity contribution is 5.68. The third kappa shape index (κ3) is 16.5. The monoisotopic (exact) mass is 290 g/mol. The summed E-state index contributed by atoms with van der Waals surface area (Å²) in [5, 5.41) is 0. The van der Waals surface area contributed by atoms with Crippen LogP contribution in [0.5, 0.6) is 0 Å². The van der Waals surface area contributed by atoms with Crippen LogP contribution in [0.25, 0.3) is 0 Å². The molecule has 0 aliphatic heterocycles. The zero-order chi connectivity index (χ0) is 15.6. The van der Waals surface area contributed by atoms with E-state index >= 15 is 0 Å². The van der Waals surface area contributed by atoms with E-state index in [1.165, 1.54) is 39.2 Å². The van der Waals surface area contributed by atoms with Crippen LogP contribution in [0.15, 0.2) is 0 Å². The molecular weight excluding hydrogens is 260 g/mol. The van der Waals surface area contributed by atoms with Gasteiger partial charge in [-0.05, 0) is 31.1 Å². The number of esters is 1. The average Bonchev–Trinajstić information content (AvgIpc) is 2.50. The third-order valence-electron chi connectivity index (χ3n) is 3.30. The lowest BCUT2D eigenvalue weighted by Crippen LogP contribution is -1.98. The van der Waals surface area contributed by atoms with Gasteiger partial charge in [0.05, 0.1) is 7.11 Å². The van der Waals surface area contributed by atoms with Gasteiger partial charge in [0, 0.05) is 19.3 Å². The van der Waals surface area contributed by atoms with Gasteiger partial charge in [-0.2, -0.15) is 0 Å². The van der Waals surface area contributed by atoms with Gasteiger partial charge in [-0.1, -0.05) is 57.3 Å². The van der Waals surface area contributed by atoms with E-state index in [1.807, 2.05) is 0 Å². The Hall–Kier alpha value is -1.41. The van der Waals surface area contributed by atoms with Gasteiger partial charge < -0.3 is 4.74 Å². The van der Waals surface area contributed by atoms with Crippen molar-refractivity contribution in [2.45, 2.75) is 84.0 Å². The summed E-state index contributed by atoms with van der Waals surface area (Å²) in [6, 6.07) is 0. The summed E-state index contributed by atoms with van der Waals surface area (Å²) in [7, 11) is 1.43. The van der Waals surface area contributed by atoms with Crippen molar-refractivity contribution in [2.24, 2.45) is 0 Å². The highest BCUT2D eigenvalue weighted by atomic mass is 16.5. The van der Waals surface area contributed by atoms with Crippen molar-refractivity contribution >= 4 is 5.97 Å². The van der Waals surface area contributed by atoms with Crippen LogP contribution in [0.4, 0.5) is 0 Å². The molecule has 0 rings (SSSR count).